The molecule has 0 atom stereocenters. The smallest absolute Gasteiger partial charge is 0.311 e. The Bertz CT molecular complexity index is 603. The Labute approximate surface area is 127 Å². The molecule has 0 aliphatic rings. The van der Waals surface area contributed by atoms with E-state index in [1.807, 2.05) is 17.5 Å². The van der Waals surface area contributed by atoms with E-state index in [0.29, 0.717) is 15.8 Å². The van der Waals surface area contributed by atoms with E-state index in [-0.39, 0.29) is 12.4 Å². The number of anilines is 2. The molecule has 0 unspecified atom stereocenters. The van der Waals surface area contributed by atoms with E-state index in [1.165, 1.54) is 18.4 Å². The maximum Gasteiger partial charge on any atom is 0.311 e. The molecule has 1 aromatic heterocycles. The molecule has 0 spiro atoms. The zero-order valence-electron chi connectivity index (χ0n) is 9.94. The first-order chi connectivity index (χ1) is 9.08. The number of carbonyl (C=O) groups is 1. The number of nitrogens with zero attached hydrogens (tertiary/aromatic N) is 1. The Kier molecular flexibility index (Phi) is 4.79. The van der Waals surface area contributed by atoms with Gasteiger partial charge in [0.1, 0.15) is 0 Å². The van der Waals surface area contributed by atoms with Gasteiger partial charge in [-0.3, -0.25) is 4.79 Å². The van der Waals surface area contributed by atoms with Gasteiger partial charge in [0.15, 0.2) is 5.13 Å². The van der Waals surface area contributed by atoms with Crippen LogP contribution in [0.2, 0.25) is 5.02 Å². The van der Waals surface area contributed by atoms with E-state index in [1.54, 1.807) is 6.07 Å². The van der Waals surface area contributed by atoms with Crippen molar-refractivity contribution in [2.24, 2.45) is 0 Å². The Morgan fingerprint density at radius 1 is 1.58 bits per heavy atom. The summed E-state index contributed by atoms with van der Waals surface area (Å²) < 4.78 is 5.52. The van der Waals surface area contributed by atoms with Crippen molar-refractivity contribution < 1.29 is 9.53 Å². The number of esters is 1. The van der Waals surface area contributed by atoms with Crippen molar-refractivity contribution >= 4 is 55.7 Å². The van der Waals surface area contributed by atoms with Crippen LogP contribution in [0.5, 0.6) is 0 Å². The van der Waals surface area contributed by atoms with Crippen molar-refractivity contribution in [2.75, 3.05) is 12.4 Å². The van der Waals surface area contributed by atoms with Gasteiger partial charge in [0.25, 0.3) is 0 Å². The molecular formula is C12H10BrClN2O2S. The van der Waals surface area contributed by atoms with E-state index in [9.17, 15) is 4.79 Å². The first-order valence-corrected chi connectivity index (χ1v) is 7.37. The van der Waals surface area contributed by atoms with Gasteiger partial charge in [-0.2, -0.15) is 0 Å². The predicted molar refractivity (Wildman–Crippen MR) is 80.3 cm³/mol. The first-order valence-electron chi connectivity index (χ1n) is 5.32. The Hall–Kier alpha value is -1.11. The number of hydrogen-bond donors (Lipinski definition) is 1. The van der Waals surface area contributed by atoms with Crippen LogP contribution in [0.15, 0.2) is 28.1 Å². The molecule has 2 rings (SSSR count). The predicted octanol–water partition coefficient (Wildman–Crippen LogP) is 4.02. The first kappa shape index (κ1) is 14.3. The summed E-state index contributed by atoms with van der Waals surface area (Å²) in [7, 11) is 1.36. The molecule has 1 heterocycles. The summed E-state index contributed by atoms with van der Waals surface area (Å²) in [5.41, 5.74) is 1.43. The summed E-state index contributed by atoms with van der Waals surface area (Å²) in [4.78, 5) is 15.4. The maximum atomic E-state index is 11.1. The summed E-state index contributed by atoms with van der Waals surface area (Å²) in [5, 5.41) is 6.21. The molecule has 0 saturated heterocycles. The molecule has 0 aliphatic carbocycles. The lowest BCUT2D eigenvalue weighted by Crippen LogP contribution is -2.04. The summed E-state index contributed by atoms with van der Waals surface area (Å²) in [6.07, 6.45) is 0.168. The lowest BCUT2D eigenvalue weighted by atomic mass is 10.3. The summed E-state index contributed by atoms with van der Waals surface area (Å²) in [6, 6.07) is 5.51. The number of carbonyl (C=O) groups excluding carboxylic acids is 1. The van der Waals surface area contributed by atoms with Crippen molar-refractivity contribution in [3.8, 4) is 0 Å². The second-order valence-corrected chi connectivity index (χ2v) is 5.83. The highest BCUT2D eigenvalue weighted by Crippen LogP contribution is 2.29. The van der Waals surface area contributed by atoms with Crippen LogP contribution < -0.4 is 5.32 Å². The minimum absolute atomic E-state index is 0.168. The highest BCUT2D eigenvalue weighted by molar-refractivity contribution is 9.10. The van der Waals surface area contributed by atoms with Gasteiger partial charge in [0.05, 0.1) is 29.9 Å². The minimum atomic E-state index is -0.308. The lowest BCUT2D eigenvalue weighted by Gasteiger charge is -2.05. The van der Waals surface area contributed by atoms with Gasteiger partial charge >= 0.3 is 5.97 Å². The lowest BCUT2D eigenvalue weighted by molar-refractivity contribution is -0.139. The van der Waals surface area contributed by atoms with Gasteiger partial charge < -0.3 is 10.1 Å². The van der Waals surface area contributed by atoms with Crippen LogP contribution in [0.3, 0.4) is 0 Å². The SMILES string of the molecule is COC(=O)Cc1csc(Nc2cc(Br)ccc2Cl)n1. The maximum absolute atomic E-state index is 11.1. The molecule has 2 aromatic rings. The number of benzene rings is 1. The van der Waals surface area contributed by atoms with Gasteiger partial charge in [-0.05, 0) is 18.2 Å². The monoisotopic (exact) mass is 360 g/mol. The van der Waals surface area contributed by atoms with Gasteiger partial charge in [-0.1, -0.05) is 27.5 Å². The molecule has 0 radical (unpaired) electrons. The third-order valence-electron chi connectivity index (χ3n) is 2.27. The number of aromatic nitrogens is 1. The molecule has 0 saturated carbocycles. The van der Waals surface area contributed by atoms with Crippen molar-refractivity contribution in [3.63, 3.8) is 0 Å². The van der Waals surface area contributed by atoms with Crippen LogP contribution in [0.25, 0.3) is 0 Å². The second kappa shape index (κ2) is 6.36. The summed E-state index contributed by atoms with van der Waals surface area (Å²) in [5.74, 6) is -0.308. The van der Waals surface area contributed by atoms with Gasteiger partial charge in [-0.25, -0.2) is 4.98 Å². The number of halogens is 2. The van der Waals surface area contributed by atoms with E-state index in [2.05, 4.69) is 31.0 Å². The summed E-state index contributed by atoms with van der Waals surface area (Å²) in [6.45, 7) is 0. The second-order valence-electron chi connectivity index (χ2n) is 3.65. The van der Waals surface area contributed by atoms with E-state index >= 15 is 0 Å². The fourth-order valence-electron chi connectivity index (χ4n) is 1.37. The molecule has 0 aliphatic heterocycles. The standard InChI is InChI=1S/C12H10BrClN2O2S/c1-18-11(17)5-8-6-19-12(15-8)16-10-4-7(13)2-3-9(10)14/h2-4,6H,5H2,1H3,(H,15,16). The van der Waals surface area contributed by atoms with E-state index in [0.717, 1.165) is 10.2 Å². The van der Waals surface area contributed by atoms with Gasteiger partial charge in [0.2, 0.25) is 0 Å². The van der Waals surface area contributed by atoms with Crippen molar-refractivity contribution in [2.45, 2.75) is 6.42 Å². The Morgan fingerprint density at radius 3 is 3.11 bits per heavy atom. The van der Waals surface area contributed by atoms with E-state index < -0.39 is 0 Å². The summed E-state index contributed by atoms with van der Waals surface area (Å²) >= 11 is 10.9. The van der Waals surface area contributed by atoms with Crippen LogP contribution in [-0.4, -0.2) is 18.1 Å². The molecule has 7 heteroatoms. The Morgan fingerprint density at radius 2 is 2.37 bits per heavy atom. The fourth-order valence-corrected chi connectivity index (χ4v) is 2.62. The highest BCUT2D eigenvalue weighted by atomic mass is 79.9. The molecule has 0 bridgehead atoms. The van der Waals surface area contributed by atoms with Crippen LogP contribution in [0.1, 0.15) is 5.69 Å². The van der Waals surface area contributed by atoms with Crippen LogP contribution in [0, 0.1) is 0 Å². The molecule has 100 valence electrons. The zero-order chi connectivity index (χ0) is 13.8. The van der Waals surface area contributed by atoms with Crippen molar-refractivity contribution in [1.29, 1.82) is 0 Å². The number of ether oxygens (including phenoxy) is 1. The Balaban J connectivity index is 2.11. The van der Waals surface area contributed by atoms with Crippen LogP contribution in [0.4, 0.5) is 10.8 Å². The number of rotatable bonds is 4. The van der Waals surface area contributed by atoms with Crippen molar-refractivity contribution in [1.82, 2.24) is 4.98 Å². The number of nitrogens with one attached hydrogen (secondary N) is 1. The molecule has 1 N–H and O–H groups in total. The third-order valence-corrected chi connectivity index (χ3v) is 3.90. The molecular weight excluding hydrogens is 352 g/mol. The van der Waals surface area contributed by atoms with Crippen molar-refractivity contribution in [3.05, 3.63) is 38.8 Å². The topological polar surface area (TPSA) is 51.2 Å². The molecule has 0 fully saturated rings. The van der Waals surface area contributed by atoms with E-state index in [4.69, 9.17) is 11.6 Å². The number of thiazole rings is 1. The molecule has 4 nitrogen and oxygen atoms in total. The number of methoxy groups -OCH3 is 1. The third kappa shape index (κ3) is 3.92. The van der Waals surface area contributed by atoms with Gasteiger partial charge in [0, 0.05) is 9.85 Å². The molecule has 0 amide bonds. The minimum Gasteiger partial charge on any atom is -0.469 e. The molecule has 1 aromatic carbocycles. The highest BCUT2D eigenvalue weighted by Gasteiger charge is 2.09. The van der Waals surface area contributed by atoms with Gasteiger partial charge in [-0.15, -0.1) is 11.3 Å². The molecule has 19 heavy (non-hydrogen) atoms. The largest absolute Gasteiger partial charge is 0.469 e. The van der Waals surface area contributed by atoms with Crippen LogP contribution >= 0.6 is 38.9 Å². The average molecular weight is 362 g/mol. The average Bonchev–Trinajstić information content (AvgIpc) is 2.81. The quantitative estimate of drug-likeness (QED) is 0.836. The number of hydrogen-bond acceptors (Lipinski definition) is 5. The zero-order valence-corrected chi connectivity index (χ0v) is 13.1. The normalized spacial score (nSPS) is 10.3. The fraction of sp³-hybridized carbons (Fsp3) is 0.167. The van der Waals surface area contributed by atoms with Crippen LogP contribution in [-0.2, 0) is 16.0 Å².